The molecule has 1 aliphatic heterocycles. The average molecular weight is 146 g/mol. The van der Waals surface area contributed by atoms with Crippen molar-refractivity contribution in [3.8, 4) is 0 Å². The second-order valence-corrected chi connectivity index (χ2v) is 3.67. The van der Waals surface area contributed by atoms with E-state index >= 15 is 0 Å². The first kappa shape index (κ1) is 6.77. The van der Waals surface area contributed by atoms with E-state index in [-0.39, 0.29) is 17.3 Å². The van der Waals surface area contributed by atoms with Crippen molar-refractivity contribution in [3.63, 3.8) is 0 Å². The van der Waals surface area contributed by atoms with Gasteiger partial charge in [0.2, 0.25) is 0 Å². The predicted octanol–water partition coefficient (Wildman–Crippen LogP) is -0.104. The largest absolute Gasteiger partial charge is 0.390 e. The van der Waals surface area contributed by atoms with Crippen LogP contribution in [0.1, 0.15) is 0 Å². The monoisotopic (exact) mass is 146 g/mol. The fourth-order valence-corrected chi connectivity index (χ4v) is 1.51. The summed E-state index contributed by atoms with van der Waals surface area (Å²) >= 11 is 0. The highest BCUT2D eigenvalue weighted by Gasteiger charge is 2.05. The molecule has 1 atom stereocenters. The van der Waals surface area contributed by atoms with E-state index < -0.39 is 0 Å². The molecule has 1 aliphatic rings. The maximum absolute atomic E-state index is 8.62. The summed E-state index contributed by atoms with van der Waals surface area (Å²) in [4.78, 5) is 0. The number of rotatable bonds is 1. The van der Waals surface area contributed by atoms with Crippen molar-refractivity contribution in [1.82, 2.24) is 4.41 Å². The zero-order valence-electron chi connectivity index (χ0n) is 5.53. The number of aliphatic hydroxyl groups is 1. The van der Waals surface area contributed by atoms with Gasteiger partial charge in [0.25, 0.3) is 0 Å². The molecule has 0 saturated carbocycles. The van der Waals surface area contributed by atoms with Gasteiger partial charge in [0, 0.05) is 12.4 Å². The van der Waals surface area contributed by atoms with Gasteiger partial charge < -0.3 is 5.11 Å². The van der Waals surface area contributed by atoms with Crippen molar-refractivity contribution in [2.45, 2.75) is 0 Å². The molecule has 9 heavy (non-hydrogen) atoms. The fraction of sp³-hybridized carbons (Fsp3) is 0.600. The zero-order chi connectivity index (χ0) is 6.85. The van der Waals surface area contributed by atoms with E-state index in [1.54, 1.807) is 0 Å². The Morgan fingerprint density at radius 1 is 1.89 bits per heavy atom. The van der Waals surface area contributed by atoms with Crippen LogP contribution in [0.4, 0.5) is 0 Å². The maximum Gasteiger partial charge on any atom is 0.0941 e. The minimum Gasteiger partial charge on any atom is -0.390 e. The number of hydrogen-bond acceptors (Lipinski definition) is 3. The van der Waals surface area contributed by atoms with Crippen LogP contribution in [0.25, 0.3) is 0 Å². The summed E-state index contributed by atoms with van der Waals surface area (Å²) in [5, 5.41) is 14.6. The van der Waals surface area contributed by atoms with E-state index in [0.29, 0.717) is 0 Å². The lowest BCUT2D eigenvalue weighted by molar-refractivity contribution is 0.357. The first-order valence-corrected chi connectivity index (χ1v) is 4.31. The Labute approximate surface area is 57.0 Å². The summed E-state index contributed by atoms with van der Waals surface area (Å²) in [7, 11) is 2.00. The van der Waals surface area contributed by atoms with Crippen molar-refractivity contribution in [1.29, 1.82) is 0 Å². The van der Waals surface area contributed by atoms with Crippen LogP contribution in [-0.2, 0) is 0 Å². The highest BCUT2D eigenvalue weighted by atomic mass is 32.2. The minimum absolute atomic E-state index is 0.0572. The second-order valence-electron chi connectivity index (χ2n) is 1.86. The van der Waals surface area contributed by atoms with Crippen LogP contribution in [0.2, 0.25) is 0 Å². The molecular formula is C5H10N2OS. The molecule has 1 rings (SSSR count). The number of hydrazone groups is 1. The third-order valence-electron chi connectivity index (χ3n) is 1.15. The number of nitrogens with zero attached hydrogens (tertiary/aromatic N) is 2. The van der Waals surface area contributed by atoms with Gasteiger partial charge in [-0.2, -0.15) is 5.10 Å². The predicted molar refractivity (Wildman–Crippen MR) is 41.9 cm³/mol. The summed E-state index contributed by atoms with van der Waals surface area (Å²) in [5.74, 6) is 0. The van der Waals surface area contributed by atoms with Crippen LogP contribution in [0.3, 0.4) is 0 Å². The van der Waals surface area contributed by atoms with Gasteiger partial charge in [0.05, 0.1) is 12.3 Å². The molecule has 0 amide bonds. The van der Waals surface area contributed by atoms with Gasteiger partial charge >= 0.3 is 0 Å². The van der Waals surface area contributed by atoms with Crippen molar-refractivity contribution < 1.29 is 5.11 Å². The quantitative estimate of drug-likeness (QED) is 0.524. The Morgan fingerprint density at radius 3 is 2.78 bits per heavy atom. The Balaban J connectivity index is 2.70. The van der Waals surface area contributed by atoms with E-state index in [1.807, 2.05) is 16.8 Å². The molecule has 0 spiro atoms. The third-order valence-corrected chi connectivity index (χ3v) is 2.68. The summed E-state index contributed by atoms with van der Waals surface area (Å²) in [6.07, 6.45) is 2.06. The summed E-state index contributed by atoms with van der Waals surface area (Å²) in [6.45, 7) is 0.0572. The van der Waals surface area contributed by atoms with Gasteiger partial charge in [-0.1, -0.05) is 10.7 Å². The van der Waals surface area contributed by atoms with Crippen molar-refractivity contribution in [2.75, 3.05) is 19.9 Å². The summed E-state index contributed by atoms with van der Waals surface area (Å²) in [5.41, 5.74) is 0.781. The lowest BCUT2D eigenvalue weighted by Gasteiger charge is -2.06. The molecule has 0 saturated heterocycles. The lowest BCUT2D eigenvalue weighted by atomic mass is 10.5. The molecule has 1 unspecified atom stereocenters. The second kappa shape index (κ2) is 2.49. The van der Waals surface area contributed by atoms with Crippen LogP contribution < -0.4 is 0 Å². The summed E-state index contributed by atoms with van der Waals surface area (Å²) in [6, 6.07) is 0. The maximum atomic E-state index is 8.62. The minimum atomic E-state index is 0.0572. The number of hydrogen-bond donors (Lipinski definition) is 1. The Bertz CT molecular complexity index is 176. The van der Waals surface area contributed by atoms with E-state index in [2.05, 4.69) is 11.4 Å². The highest BCUT2D eigenvalue weighted by molar-refractivity contribution is 8.13. The van der Waals surface area contributed by atoms with Crippen molar-refractivity contribution in [3.05, 3.63) is 0 Å². The molecular weight excluding hydrogens is 136 g/mol. The molecule has 52 valence electrons. The fourth-order valence-electron chi connectivity index (χ4n) is 0.611. The topological polar surface area (TPSA) is 35.8 Å². The normalized spacial score (nSPS) is 25.9. The van der Waals surface area contributed by atoms with Crippen LogP contribution >= 0.6 is 10.7 Å². The molecule has 3 nitrogen and oxygen atoms in total. The Hall–Kier alpha value is -0.350. The van der Waals surface area contributed by atoms with Crippen LogP contribution in [0.15, 0.2) is 5.10 Å². The van der Waals surface area contributed by atoms with Gasteiger partial charge in [0.1, 0.15) is 0 Å². The molecule has 1 heterocycles. The molecule has 0 aromatic carbocycles. The van der Waals surface area contributed by atoms with E-state index in [4.69, 9.17) is 5.11 Å². The van der Waals surface area contributed by atoms with E-state index in [9.17, 15) is 0 Å². The highest BCUT2D eigenvalue weighted by Crippen LogP contribution is 2.16. The Morgan fingerprint density at radius 2 is 2.56 bits per heavy atom. The molecule has 0 fully saturated rings. The van der Waals surface area contributed by atoms with Gasteiger partial charge in [-0.15, -0.1) is 0 Å². The van der Waals surface area contributed by atoms with Crippen LogP contribution in [-0.4, -0.2) is 40.5 Å². The molecule has 1 N–H and O–H groups in total. The third kappa shape index (κ3) is 1.31. The van der Waals surface area contributed by atoms with Crippen LogP contribution in [0, 0.1) is 0 Å². The molecule has 0 aromatic heterocycles. The first-order valence-electron chi connectivity index (χ1n) is 2.66. The Kier molecular flexibility index (Phi) is 1.87. The van der Waals surface area contributed by atoms with Crippen molar-refractivity contribution in [2.24, 2.45) is 5.10 Å². The molecule has 0 aromatic rings. The van der Waals surface area contributed by atoms with Gasteiger partial charge in [-0.3, -0.25) is 0 Å². The van der Waals surface area contributed by atoms with Crippen molar-refractivity contribution >= 4 is 21.7 Å². The first-order chi connectivity index (χ1) is 4.24. The zero-order valence-corrected chi connectivity index (χ0v) is 6.35. The molecule has 0 bridgehead atoms. The van der Waals surface area contributed by atoms with E-state index in [1.165, 1.54) is 0 Å². The van der Waals surface area contributed by atoms with Gasteiger partial charge in [0.15, 0.2) is 0 Å². The molecule has 0 aliphatic carbocycles. The van der Waals surface area contributed by atoms with Gasteiger partial charge in [-0.25, -0.2) is 4.41 Å². The van der Waals surface area contributed by atoms with E-state index in [0.717, 1.165) is 5.71 Å². The lowest BCUT2D eigenvalue weighted by Crippen LogP contribution is -2.03. The number of aliphatic hydroxyl groups excluding tert-OH is 1. The van der Waals surface area contributed by atoms with Gasteiger partial charge in [-0.05, 0) is 6.26 Å². The molecule has 0 radical (unpaired) electrons. The SMILES string of the molecule is CN1N=C(CO)C=S1C. The smallest absolute Gasteiger partial charge is 0.0941 e. The van der Waals surface area contributed by atoms with Crippen LogP contribution in [0.5, 0.6) is 0 Å². The standard InChI is InChI=1S/C5H10N2OS/c1-7-6-5(3-8)4-9(7)2/h4,8H,3H2,1-2H3. The average Bonchev–Trinajstić information content (AvgIpc) is 2.13. The molecule has 4 heteroatoms. The summed E-state index contributed by atoms with van der Waals surface area (Å²) < 4.78 is 1.85.